The van der Waals surface area contributed by atoms with Gasteiger partial charge in [-0.1, -0.05) is 52.0 Å². The summed E-state index contributed by atoms with van der Waals surface area (Å²) in [4.78, 5) is 8.82. The van der Waals surface area contributed by atoms with Crippen molar-refractivity contribution in [3.8, 4) is 0 Å². The van der Waals surface area contributed by atoms with Crippen molar-refractivity contribution in [2.75, 3.05) is 5.32 Å². The Labute approximate surface area is 120 Å². The molecule has 0 fully saturated rings. The monoisotopic (exact) mass is 267 g/mol. The molecule has 20 heavy (non-hydrogen) atoms. The van der Waals surface area contributed by atoms with Gasteiger partial charge in [-0.3, -0.25) is 4.98 Å². The summed E-state index contributed by atoms with van der Waals surface area (Å²) >= 11 is 0. The maximum absolute atomic E-state index is 4.45. The number of fused-ring (bicyclic) bond motifs is 1. The molecule has 0 bridgehead atoms. The Hall–Kier alpha value is -1.90. The van der Waals surface area contributed by atoms with E-state index in [0.717, 1.165) is 11.5 Å². The summed E-state index contributed by atoms with van der Waals surface area (Å²) in [5.41, 5.74) is 3.92. The van der Waals surface area contributed by atoms with Crippen LogP contribution in [-0.2, 0) is 5.41 Å². The topological polar surface area (TPSA) is 37.8 Å². The average Bonchev–Trinajstić information content (AvgIpc) is 2.76. The molecule has 1 aromatic heterocycles. The molecule has 2 unspecified atom stereocenters. The number of nitrogens with one attached hydrogen (secondary N) is 1. The van der Waals surface area contributed by atoms with Crippen molar-refractivity contribution >= 4 is 5.82 Å². The van der Waals surface area contributed by atoms with Gasteiger partial charge >= 0.3 is 0 Å². The van der Waals surface area contributed by atoms with Crippen LogP contribution in [0.3, 0.4) is 0 Å². The smallest absolute Gasteiger partial charge is 0.148 e. The highest BCUT2D eigenvalue weighted by molar-refractivity contribution is 5.52. The van der Waals surface area contributed by atoms with E-state index >= 15 is 0 Å². The van der Waals surface area contributed by atoms with E-state index < -0.39 is 0 Å². The Morgan fingerprint density at radius 2 is 1.65 bits per heavy atom. The summed E-state index contributed by atoms with van der Waals surface area (Å²) in [7, 11) is 0. The van der Waals surface area contributed by atoms with Crippen LogP contribution in [0.15, 0.2) is 36.7 Å². The van der Waals surface area contributed by atoms with Crippen molar-refractivity contribution in [2.24, 2.45) is 0 Å². The molecule has 2 atom stereocenters. The molecule has 3 nitrogen and oxygen atoms in total. The molecule has 2 aromatic rings. The molecule has 0 amide bonds. The fraction of sp³-hybridized carbons (Fsp3) is 0.412. The van der Waals surface area contributed by atoms with E-state index in [4.69, 9.17) is 0 Å². The van der Waals surface area contributed by atoms with Crippen LogP contribution in [0.4, 0.5) is 5.82 Å². The second-order valence-electron chi connectivity index (χ2n) is 6.57. The van der Waals surface area contributed by atoms with Crippen LogP contribution in [0.2, 0.25) is 0 Å². The Morgan fingerprint density at radius 3 is 2.25 bits per heavy atom. The molecule has 1 aliphatic heterocycles. The lowest BCUT2D eigenvalue weighted by Crippen LogP contribution is -2.13. The molecule has 0 saturated carbocycles. The van der Waals surface area contributed by atoms with Crippen molar-refractivity contribution in [3.05, 3.63) is 53.5 Å². The van der Waals surface area contributed by atoms with Gasteiger partial charge in [-0.2, -0.15) is 0 Å². The lowest BCUT2D eigenvalue weighted by atomic mass is 9.85. The fourth-order valence-electron chi connectivity index (χ4n) is 2.79. The molecule has 0 spiro atoms. The van der Waals surface area contributed by atoms with E-state index in [1.165, 1.54) is 11.1 Å². The van der Waals surface area contributed by atoms with Gasteiger partial charge in [-0.15, -0.1) is 0 Å². The third-order valence-corrected chi connectivity index (χ3v) is 4.09. The molecule has 1 N–H and O–H groups in total. The molecule has 2 heterocycles. The SMILES string of the molecule is CC1c2nccnc2NC1c1ccc(C(C)(C)C)cc1. The lowest BCUT2D eigenvalue weighted by Gasteiger charge is -2.21. The highest BCUT2D eigenvalue weighted by Gasteiger charge is 2.31. The fourth-order valence-corrected chi connectivity index (χ4v) is 2.79. The van der Waals surface area contributed by atoms with Gasteiger partial charge in [0.1, 0.15) is 5.82 Å². The second kappa shape index (κ2) is 4.58. The van der Waals surface area contributed by atoms with Crippen molar-refractivity contribution in [3.63, 3.8) is 0 Å². The number of anilines is 1. The molecule has 3 rings (SSSR count). The van der Waals surface area contributed by atoms with E-state index in [1.54, 1.807) is 12.4 Å². The quantitative estimate of drug-likeness (QED) is 0.847. The first-order chi connectivity index (χ1) is 9.47. The Kier molecular flexibility index (Phi) is 3.00. The summed E-state index contributed by atoms with van der Waals surface area (Å²) < 4.78 is 0. The van der Waals surface area contributed by atoms with Gasteiger partial charge in [-0.25, -0.2) is 4.98 Å². The third kappa shape index (κ3) is 2.17. The Bertz CT molecular complexity index is 611. The van der Waals surface area contributed by atoms with Gasteiger partial charge in [0.25, 0.3) is 0 Å². The van der Waals surface area contributed by atoms with Gasteiger partial charge in [-0.05, 0) is 16.5 Å². The number of benzene rings is 1. The van der Waals surface area contributed by atoms with Gasteiger partial charge in [0.05, 0.1) is 11.7 Å². The Morgan fingerprint density at radius 1 is 1.00 bits per heavy atom. The van der Waals surface area contributed by atoms with Crippen LogP contribution in [0.1, 0.15) is 56.5 Å². The summed E-state index contributed by atoms with van der Waals surface area (Å²) in [5.74, 6) is 1.27. The maximum atomic E-state index is 4.45. The normalized spacial score (nSPS) is 21.4. The van der Waals surface area contributed by atoms with Crippen molar-refractivity contribution in [1.29, 1.82) is 0 Å². The van der Waals surface area contributed by atoms with E-state index in [0.29, 0.717) is 5.92 Å². The highest BCUT2D eigenvalue weighted by Crippen LogP contribution is 2.41. The zero-order valence-electron chi connectivity index (χ0n) is 12.5. The van der Waals surface area contributed by atoms with Crippen molar-refractivity contribution < 1.29 is 0 Å². The molecular formula is C17H21N3. The first-order valence-electron chi connectivity index (χ1n) is 7.15. The van der Waals surface area contributed by atoms with Crippen molar-refractivity contribution in [2.45, 2.75) is 45.1 Å². The standard InChI is InChI=1S/C17H21N3/c1-11-14(20-16-15(11)18-9-10-19-16)12-5-7-13(8-6-12)17(2,3)4/h5-11,14H,1-4H3,(H,19,20). The predicted molar refractivity (Wildman–Crippen MR) is 82.0 cm³/mol. The molecule has 0 aliphatic carbocycles. The van der Waals surface area contributed by atoms with Crippen LogP contribution in [0.5, 0.6) is 0 Å². The zero-order chi connectivity index (χ0) is 14.3. The Balaban J connectivity index is 1.89. The van der Waals surface area contributed by atoms with Gasteiger partial charge in [0.15, 0.2) is 0 Å². The number of aromatic nitrogens is 2. The number of rotatable bonds is 1. The number of hydrogen-bond acceptors (Lipinski definition) is 3. The average molecular weight is 267 g/mol. The van der Waals surface area contributed by atoms with Crippen LogP contribution >= 0.6 is 0 Å². The van der Waals surface area contributed by atoms with Crippen LogP contribution in [0, 0.1) is 0 Å². The van der Waals surface area contributed by atoms with Crippen LogP contribution in [-0.4, -0.2) is 9.97 Å². The highest BCUT2D eigenvalue weighted by atomic mass is 15.1. The maximum Gasteiger partial charge on any atom is 0.148 e. The number of hydrogen-bond donors (Lipinski definition) is 1. The molecule has 104 valence electrons. The summed E-state index contributed by atoms with van der Waals surface area (Å²) in [6, 6.07) is 9.17. The second-order valence-corrected chi connectivity index (χ2v) is 6.57. The molecule has 0 radical (unpaired) electrons. The lowest BCUT2D eigenvalue weighted by molar-refractivity contribution is 0.588. The van der Waals surface area contributed by atoms with E-state index in [2.05, 4.69) is 67.2 Å². The minimum absolute atomic E-state index is 0.194. The minimum Gasteiger partial charge on any atom is -0.361 e. The van der Waals surface area contributed by atoms with E-state index in [9.17, 15) is 0 Å². The van der Waals surface area contributed by atoms with Crippen LogP contribution < -0.4 is 5.32 Å². The molecule has 0 saturated heterocycles. The first-order valence-corrected chi connectivity index (χ1v) is 7.15. The third-order valence-electron chi connectivity index (χ3n) is 4.09. The molecular weight excluding hydrogens is 246 g/mol. The van der Waals surface area contributed by atoms with Gasteiger partial charge < -0.3 is 5.32 Å². The van der Waals surface area contributed by atoms with Gasteiger partial charge in [0, 0.05) is 18.3 Å². The summed E-state index contributed by atoms with van der Waals surface area (Å²) in [6.45, 7) is 8.92. The molecule has 3 heteroatoms. The van der Waals surface area contributed by atoms with E-state index in [-0.39, 0.29) is 11.5 Å². The largest absolute Gasteiger partial charge is 0.361 e. The van der Waals surface area contributed by atoms with Crippen molar-refractivity contribution in [1.82, 2.24) is 9.97 Å². The first kappa shape index (κ1) is 13.1. The molecule has 1 aliphatic rings. The summed E-state index contributed by atoms with van der Waals surface area (Å²) in [6.07, 6.45) is 3.51. The van der Waals surface area contributed by atoms with Gasteiger partial charge in [0.2, 0.25) is 0 Å². The predicted octanol–water partition coefficient (Wildman–Crippen LogP) is 4.04. The molecule has 1 aromatic carbocycles. The summed E-state index contributed by atoms with van der Waals surface area (Å²) in [5, 5.41) is 3.49. The minimum atomic E-state index is 0.194. The van der Waals surface area contributed by atoms with Crippen LogP contribution in [0.25, 0.3) is 0 Å². The zero-order valence-corrected chi connectivity index (χ0v) is 12.5. The van der Waals surface area contributed by atoms with E-state index in [1.807, 2.05) is 0 Å². The number of nitrogens with zero attached hydrogens (tertiary/aromatic N) is 2.